The second-order valence-electron chi connectivity index (χ2n) is 6.94. The van der Waals surface area contributed by atoms with Gasteiger partial charge in [0.15, 0.2) is 11.5 Å². The minimum atomic E-state index is -0.537. The fourth-order valence-electron chi connectivity index (χ4n) is 3.51. The number of allylic oxidation sites excluding steroid dienone is 1. The van der Waals surface area contributed by atoms with Crippen LogP contribution in [0.1, 0.15) is 28.3 Å². The van der Waals surface area contributed by atoms with Crippen molar-refractivity contribution in [3.63, 3.8) is 0 Å². The molecular formula is C22H18ClFN4O3. The molecule has 31 heavy (non-hydrogen) atoms. The molecule has 4 rings (SSSR count). The Morgan fingerprint density at radius 1 is 1.32 bits per heavy atom. The lowest BCUT2D eigenvalue weighted by atomic mass is 9.84. The first-order valence-electron chi connectivity index (χ1n) is 9.30. The lowest BCUT2D eigenvalue weighted by molar-refractivity contribution is 0.284. The zero-order chi connectivity index (χ0) is 22.1. The van der Waals surface area contributed by atoms with Crippen molar-refractivity contribution in [1.82, 2.24) is 10.2 Å². The van der Waals surface area contributed by atoms with E-state index in [9.17, 15) is 9.65 Å². The van der Waals surface area contributed by atoms with Gasteiger partial charge in [0.2, 0.25) is 11.8 Å². The minimum Gasteiger partial charge on any atom is -0.493 e. The molecule has 2 heterocycles. The van der Waals surface area contributed by atoms with Crippen LogP contribution in [0.3, 0.4) is 0 Å². The molecule has 158 valence electrons. The van der Waals surface area contributed by atoms with Gasteiger partial charge >= 0.3 is 0 Å². The smallest absolute Gasteiger partial charge is 0.244 e. The number of ether oxygens (including phenoxy) is 3. The Balaban J connectivity index is 1.73. The molecule has 1 aliphatic heterocycles. The number of aromatic amines is 1. The fraction of sp³-hybridized carbons (Fsp3) is 0.182. The highest BCUT2D eigenvalue weighted by molar-refractivity contribution is 6.32. The maximum atomic E-state index is 13.1. The summed E-state index contributed by atoms with van der Waals surface area (Å²) < 4.78 is 30.0. The third kappa shape index (κ3) is 3.76. The van der Waals surface area contributed by atoms with Crippen LogP contribution in [-0.2, 0) is 6.61 Å². The number of hydrogen-bond donors (Lipinski definition) is 2. The zero-order valence-electron chi connectivity index (χ0n) is 16.7. The van der Waals surface area contributed by atoms with Crippen molar-refractivity contribution in [3.05, 3.63) is 81.1 Å². The van der Waals surface area contributed by atoms with E-state index in [1.54, 1.807) is 24.3 Å². The van der Waals surface area contributed by atoms with Gasteiger partial charge in [0.25, 0.3) is 0 Å². The molecule has 0 spiro atoms. The van der Waals surface area contributed by atoms with Gasteiger partial charge in [0.1, 0.15) is 24.1 Å². The van der Waals surface area contributed by atoms with E-state index in [1.165, 1.54) is 19.2 Å². The standard InChI is InChI=1S/C22H18ClFN4O3/c1-11-18-19(15(9-25)21(26)31-22(18)28-27-11)13-7-16(23)20(17(8-13)29-2)30-10-12-3-5-14(24)6-4-12/h3-8,19H,10,26H2,1-2H3,(H,27,28). The number of nitrogens with two attached hydrogens (primary N) is 1. The monoisotopic (exact) mass is 440 g/mol. The first-order chi connectivity index (χ1) is 14.9. The summed E-state index contributed by atoms with van der Waals surface area (Å²) in [5.74, 6) is 0.155. The highest BCUT2D eigenvalue weighted by Gasteiger charge is 2.35. The Bertz CT molecular complexity index is 1210. The first kappa shape index (κ1) is 20.6. The second-order valence-corrected chi connectivity index (χ2v) is 7.35. The number of nitrogens with one attached hydrogen (secondary N) is 1. The average molecular weight is 441 g/mol. The summed E-state index contributed by atoms with van der Waals surface area (Å²) in [5.41, 5.74) is 9.10. The van der Waals surface area contributed by atoms with E-state index in [2.05, 4.69) is 16.3 Å². The van der Waals surface area contributed by atoms with E-state index >= 15 is 0 Å². The van der Waals surface area contributed by atoms with Crippen molar-refractivity contribution in [2.45, 2.75) is 19.4 Å². The van der Waals surface area contributed by atoms with E-state index in [4.69, 9.17) is 31.5 Å². The molecule has 2 aromatic carbocycles. The van der Waals surface area contributed by atoms with Gasteiger partial charge in [0, 0.05) is 11.3 Å². The molecule has 9 heteroatoms. The molecule has 3 aromatic rings. The summed E-state index contributed by atoms with van der Waals surface area (Å²) >= 11 is 6.54. The number of hydrogen-bond acceptors (Lipinski definition) is 6. The molecule has 1 aromatic heterocycles. The number of aryl methyl sites for hydroxylation is 1. The molecule has 1 aliphatic rings. The van der Waals surface area contributed by atoms with E-state index in [1.807, 2.05) is 6.92 Å². The van der Waals surface area contributed by atoms with Gasteiger partial charge in [-0.15, -0.1) is 5.10 Å². The maximum absolute atomic E-state index is 13.1. The molecule has 0 saturated heterocycles. The van der Waals surface area contributed by atoms with Gasteiger partial charge in [-0.1, -0.05) is 23.7 Å². The van der Waals surface area contributed by atoms with Crippen molar-refractivity contribution in [2.24, 2.45) is 5.73 Å². The van der Waals surface area contributed by atoms with E-state index < -0.39 is 5.92 Å². The van der Waals surface area contributed by atoms with E-state index in [0.29, 0.717) is 33.5 Å². The predicted molar refractivity (Wildman–Crippen MR) is 111 cm³/mol. The van der Waals surface area contributed by atoms with Crippen LogP contribution in [0.15, 0.2) is 47.9 Å². The third-order valence-electron chi connectivity index (χ3n) is 5.01. The number of aromatic nitrogens is 2. The molecule has 0 fully saturated rings. The quantitative estimate of drug-likeness (QED) is 0.612. The van der Waals surface area contributed by atoms with Crippen LogP contribution in [0.25, 0.3) is 0 Å². The van der Waals surface area contributed by atoms with Crippen molar-refractivity contribution >= 4 is 11.6 Å². The van der Waals surface area contributed by atoms with E-state index in [0.717, 1.165) is 11.3 Å². The van der Waals surface area contributed by atoms with Gasteiger partial charge in [-0.05, 0) is 42.3 Å². The van der Waals surface area contributed by atoms with Crippen LogP contribution < -0.4 is 19.9 Å². The maximum Gasteiger partial charge on any atom is 0.244 e. The van der Waals surface area contributed by atoms with E-state index in [-0.39, 0.29) is 23.9 Å². The largest absolute Gasteiger partial charge is 0.493 e. The SMILES string of the molecule is COc1cc(C2C(C#N)=C(N)Oc3n[nH]c(C)c32)cc(Cl)c1OCc1ccc(F)cc1. The number of H-pyrrole nitrogens is 1. The number of halogens is 2. The summed E-state index contributed by atoms with van der Waals surface area (Å²) in [5, 5.41) is 17.0. The Labute approximate surface area is 182 Å². The van der Waals surface area contributed by atoms with Crippen LogP contribution in [0, 0.1) is 24.1 Å². The number of methoxy groups -OCH3 is 1. The predicted octanol–water partition coefficient (Wildman–Crippen LogP) is 4.32. The molecule has 0 amide bonds. The van der Waals surface area contributed by atoms with Gasteiger partial charge < -0.3 is 19.9 Å². The highest BCUT2D eigenvalue weighted by Crippen LogP contribution is 2.46. The van der Waals surface area contributed by atoms with Crippen molar-refractivity contribution in [2.75, 3.05) is 7.11 Å². The number of fused-ring (bicyclic) bond motifs is 1. The van der Waals surface area contributed by atoms with Gasteiger partial charge in [-0.3, -0.25) is 5.10 Å². The average Bonchev–Trinajstić information content (AvgIpc) is 3.12. The Hall–Kier alpha value is -3.70. The molecular weight excluding hydrogens is 423 g/mol. The van der Waals surface area contributed by atoms with Crippen molar-refractivity contribution in [1.29, 1.82) is 5.26 Å². The second kappa shape index (κ2) is 8.20. The Morgan fingerprint density at radius 2 is 2.06 bits per heavy atom. The molecule has 3 N–H and O–H groups in total. The van der Waals surface area contributed by atoms with Crippen molar-refractivity contribution < 1.29 is 18.6 Å². The summed E-state index contributed by atoms with van der Waals surface area (Å²) in [6.07, 6.45) is 0. The summed E-state index contributed by atoms with van der Waals surface area (Å²) in [4.78, 5) is 0. The van der Waals surface area contributed by atoms with Crippen molar-refractivity contribution in [3.8, 4) is 23.4 Å². The topological polar surface area (TPSA) is 106 Å². The normalized spacial score (nSPS) is 15.1. The molecule has 0 radical (unpaired) electrons. The number of nitrogens with zero attached hydrogens (tertiary/aromatic N) is 2. The number of nitriles is 1. The summed E-state index contributed by atoms with van der Waals surface area (Å²) in [6, 6.07) is 11.5. The molecule has 1 unspecified atom stereocenters. The molecule has 0 saturated carbocycles. The first-order valence-corrected chi connectivity index (χ1v) is 9.67. The molecule has 0 aliphatic carbocycles. The summed E-state index contributed by atoms with van der Waals surface area (Å²) in [6.45, 7) is 2.01. The lowest BCUT2D eigenvalue weighted by Crippen LogP contribution is -2.21. The number of benzene rings is 2. The lowest BCUT2D eigenvalue weighted by Gasteiger charge is -2.24. The fourth-order valence-corrected chi connectivity index (χ4v) is 3.79. The van der Waals surface area contributed by atoms with Gasteiger partial charge in [-0.2, -0.15) is 5.26 Å². The molecule has 1 atom stereocenters. The van der Waals surface area contributed by atoms with Crippen LogP contribution in [0.4, 0.5) is 4.39 Å². The minimum absolute atomic E-state index is 0.0155. The van der Waals surface area contributed by atoms with Crippen LogP contribution in [0.5, 0.6) is 17.4 Å². The van der Waals surface area contributed by atoms with Gasteiger partial charge in [0.05, 0.1) is 18.1 Å². The molecule has 7 nitrogen and oxygen atoms in total. The Kier molecular flexibility index (Phi) is 5.44. The van der Waals surface area contributed by atoms with Crippen LogP contribution >= 0.6 is 11.6 Å². The van der Waals surface area contributed by atoms with Crippen LogP contribution in [-0.4, -0.2) is 17.3 Å². The molecule has 0 bridgehead atoms. The number of rotatable bonds is 5. The highest BCUT2D eigenvalue weighted by atomic mass is 35.5. The summed E-state index contributed by atoms with van der Waals surface area (Å²) in [7, 11) is 1.49. The Morgan fingerprint density at radius 3 is 2.74 bits per heavy atom. The zero-order valence-corrected chi connectivity index (χ0v) is 17.5. The van der Waals surface area contributed by atoms with Gasteiger partial charge in [-0.25, -0.2) is 4.39 Å². The third-order valence-corrected chi connectivity index (χ3v) is 5.29. The van der Waals surface area contributed by atoms with Crippen LogP contribution in [0.2, 0.25) is 5.02 Å².